The van der Waals surface area contributed by atoms with Crippen molar-refractivity contribution >= 4 is 23.3 Å². The molecule has 5 heteroatoms. The van der Waals surface area contributed by atoms with Gasteiger partial charge in [0.2, 0.25) is 5.91 Å². The van der Waals surface area contributed by atoms with Crippen LogP contribution in [0.25, 0.3) is 11.1 Å². The molecule has 1 unspecified atom stereocenters. The van der Waals surface area contributed by atoms with Gasteiger partial charge < -0.3 is 15.1 Å². The molecule has 0 radical (unpaired) electrons. The van der Waals surface area contributed by atoms with Gasteiger partial charge in [0.25, 0.3) is 0 Å². The first kappa shape index (κ1) is 19.7. The smallest absolute Gasteiger partial charge is 0.311 e. The van der Waals surface area contributed by atoms with Crippen LogP contribution in [-0.2, 0) is 4.79 Å². The zero-order valence-corrected chi connectivity index (χ0v) is 17.2. The fourth-order valence-electron chi connectivity index (χ4n) is 3.70. The normalized spacial score (nSPS) is 16.5. The summed E-state index contributed by atoms with van der Waals surface area (Å²) in [5.41, 5.74) is 4.95. The third kappa shape index (κ3) is 4.06. The first-order chi connectivity index (χ1) is 14.5. The molecule has 1 aliphatic rings. The molecule has 1 heterocycles. The molecule has 1 atom stereocenters. The number of anilines is 2. The number of nitrogens with zero attached hydrogens (tertiary/aromatic N) is 2. The number of rotatable bonds is 3. The summed E-state index contributed by atoms with van der Waals surface area (Å²) < 4.78 is 0. The average Bonchev–Trinajstić information content (AvgIpc) is 2.78. The van der Waals surface area contributed by atoms with Crippen molar-refractivity contribution in [1.82, 2.24) is 4.90 Å². The van der Waals surface area contributed by atoms with Crippen molar-refractivity contribution in [1.29, 1.82) is 0 Å². The summed E-state index contributed by atoms with van der Waals surface area (Å²) in [7, 11) is 0. The minimum atomic E-state index is -0.530. The zero-order valence-electron chi connectivity index (χ0n) is 17.2. The summed E-state index contributed by atoms with van der Waals surface area (Å²) in [6, 6.07) is 25.0. The van der Waals surface area contributed by atoms with Crippen LogP contribution in [0.2, 0.25) is 0 Å². The molecular formula is C25H25N3O2. The highest BCUT2D eigenvalue weighted by molar-refractivity contribution is 6.02. The van der Waals surface area contributed by atoms with Crippen molar-refractivity contribution < 1.29 is 9.59 Å². The number of hydrogen-bond acceptors (Lipinski definition) is 2. The second-order valence-corrected chi connectivity index (χ2v) is 7.57. The van der Waals surface area contributed by atoms with Gasteiger partial charge in [-0.2, -0.15) is 0 Å². The molecule has 152 valence electrons. The molecule has 1 aliphatic heterocycles. The molecule has 30 heavy (non-hydrogen) atoms. The number of benzene rings is 3. The molecule has 0 saturated carbocycles. The molecule has 1 N–H and O–H groups in total. The van der Waals surface area contributed by atoms with E-state index in [0.717, 1.165) is 28.1 Å². The van der Waals surface area contributed by atoms with E-state index in [2.05, 4.69) is 17.4 Å². The van der Waals surface area contributed by atoms with Gasteiger partial charge in [-0.05, 0) is 49.2 Å². The molecule has 0 aromatic heterocycles. The van der Waals surface area contributed by atoms with Gasteiger partial charge in [0.1, 0.15) is 6.04 Å². The van der Waals surface area contributed by atoms with Crippen molar-refractivity contribution in [2.24, 2.45) is 0 Å². The second-order valence-electron chi connectivity index (χ2n) is 7.57. The van der Waals surface area contributed by atoms with E-state index < -0.39 is 6.04 Å². The number of piperazine rings is 1. The van der Waals surface area contributed by atoms with Crippen LogP contribution >= 0.6 is 0 Å². The SMILES string of the molecule is Cc1ccc(NC(=O)N2CCN(c3ccc(-c4ccccc4)cc3)C(=O)C2C)cc1. The number of aryl methyl sites for hydroxylation is 1. The summed E-state index contributed by atoms with van der Waals surface area (Å²) in [6.07, 6.45) is 0. The molecule has 3 aromatic carbocycles. The minimum absolute atomic E-state index is 0.0761. The second kappa shape index (κ2) is 8.41. The van der Waals surface area contributed by atoms with Crippen LogP contribution in [0.15, 0.2) is 78.9 Å². The van der Waals surface area contributed by atoms with Gasteiger partial charge >= 0.3 is 6.03 Å². The lowest BCUT2D eigenvalue weighted by molar-refractivity contribution is -0.123. The Morgan fingerprint density at radius 3 is 2.17 bits per heavy atom. The molecule has 0 aliphatic carbocycles. The highest BCUT2D eigenvalue weighted by Crippen LogP contribution is 2.25. The van der Waals surface area contributed by atoms with Crippen molar-refractivity contribution in [2.75, 3.05) is 23.3 Å². The molecule has 5 nitrogen and oxygen atoms in total. The summed E-state index contributed by atoms with van der Waals surface area (Å²) in [5, 5.41) is 2.89. The molecule has 3 amide bonds. The number of carbonyl (C=O) groups is 2. The Hall–Kier alpha value is -3.60. The first-order valence-electron chi connectivity index (χ1n) is 10.1. The van der Waals surface area contributed by atoms with E-state index in [1.807, 2.05) is 73.7 Å². The zero-order chi connectivity index (χ0) is 21.1. The number of nitrogens with one attached hydrogen (secondary N) is 1. The lowest BCUT2D eigenvalue weighted by atomic mass is 10.0. The van der Waals surface area contributed by atoms with E-state index in [0.29, 0.717) is 13.1 Å². The van der Waals surface area contributed by atoms with E-state index in [9.17, 15) is 9.59 Å². The van der Waals surface area contributed by atoms with Crippen LogP contribution in [0.1, 0.15) is 12.5 Å². The summed E-state index contributed by atoms with van der Waals surface area (Å²) in [6.45, 7) is 4.72. The summed E-state index contributed by atoms with van der Waals surface area (Å²) in [5.74, 6) is -0.0761. The van der Waals surface area contributed by atoms with E-state index in [-0.39, 0.29) is 11.9 Å². The van der Waals surface area contributed by atoms with Crippen LogP contribution in [0.4, 0.5) is 16.2 Å². The van der Waals surface area contributed by atoms with Gasteiger partial charge in [-0.1, -0.05) is 60.2 Å². The Bertz CT molecular complexity index is 1030. The number of carbonyl (C=O) groups excluding carboxylic acids is 2. The molecule has 1 fully saturated rings. The van der Waals surface area contributed by atoms with Crippen molar-refractivity contribution in [3.05, 3.63) is 84.4 Å². The molecule has 3 aromatic rings. The fourth-order valence-corrected chi connectivity index (χ4v) is 3.70. The number of urea groups is 1. The fraction of sp³-hybridized carbons (Fsp3) is 0.200. The van der Waals surface area contributed by atoms with Crippen LogP contribution in [0.5, 0.6) is 0 Å². The summed E-state index contributed by atoms with van der Waals surface area (Å²) >= 11 is 0. The Balaban J connectivity index is 1.44. The maximum atomic E-state index is 13.0. The van der Waals surface area contributed by atoms with Crippen LogP contribution < -0.4 is 10.2 Å². The van der Waals surface area contributed by atoms with E-state index in [1.165, 1.54) is 0 Å². The van der Waals surface area contributed by atoms with Crippen LogP contribution in [0, 0.1) is 6.92 Å². The molecule has 4 rings (SSSR count). The lowest BCUT2D eigenvalue weighted by Crippen LogP contribution is -2.58. The Labute approximate surface area is 176 Å². The topological polar surface area (TPSA) is 52.7 Å². The van der Waals surface area contributed by atoms with Crippen molar-refractivity contribution in [3.8, 4) is 11.1 Å². The van der Waals surface area contributed by atoms with Gasteiger partial charge in [0, 0.05) is 24.5 Å². The molecule has 1 saturated heterocycles. The Kier molecular flexibility index (Phi) is 5.53. The monoisotopic (exact) mass is 399 g/mol. The maximum Gasteiger partial charge on any atom is 0.322 e. The minimum Gasteiger partial charge on any atom is -0.311 e. The van der Waals surface area contributed by atoms with Gasteiger partial charge in [-0.15, -0.1) is 0 Å². The molecule has 0 bridgehead atoms. The number of amides is 3. The predicted octanol–water partition coefficient (Wildman–Crippen LogP) is 4.93. The third-order valence-electron chi connectivity index (χ3n) is 5.51. The lowest BCUT2D eigenvalue weighted by Gasteiger charge is -2.39. The quantitative estimate of drug-likeness (QED) is 0.679. The largest absolute Gasteiger partial charge is 0.322 e. The van der Waals surface area contributed by atoms with Gasteiger partial charge in [0.15, 0.2) is 0 Å². The highest BCUT2D eigenvalue weighted by Gasteiger charge is 2.35. The van der Waals surface area contributed by atoms with Gasteiger partial charge in [0.05, 0.1) is 0 Å². The standard InChI is InChI=1S/C25H25N3O2/c1-18-8-12-22(13-9-18)26-25(30)27-16-17-28(24(29)19(27)2)23-14-10-21(11-15-23)20-6-4-3-5-7-20/h3-15,19H,16-17H2,1-2H3,(H,26,30). The van der Waals surface area contributed by atoms with Crippen molar-refractivity contribution in [2.45, 2.75) is 19.9 Å². The van der Waals surface area contributed by atoms with E-state index in [4.69, 9.17) is 0 Å². The van der Waals surface area contributed by atoms with Crippen molar-refractivity contribution in [3.63, 3.8) is 0 Å². The molecular weight excluding hydrogens is 374 g/mol. The summed E-state index contributed by atoms with van der Waals surface area (Å²) in [4.78, 5) is 29.0. The van der Waals surface area contributed by atoms with Gasteiger partial charge in [-0.25, -0.2) is 4.79 Å². The first-order valence-corrected chi connectivity index (χ1v) is 10.1. The third-order valence-corrected chi connectivity index (χ3v) is 5.51. The average molecular weight is 399 g/mol. The Morgan fingerprint density at radius 1 is 0.867 bits per heavy atom. The highest BCUT2D eigenvalue weighted by atomic mass is 16.2. The van der Waals surface area contributed by atoms with E-state index in [1.54, 1.807) is 16.7 Å². The number of hydrogen-bond donors (Lipinski definition) is 1. The van der Waals surface area contributed by atoms with Crippen LogP contribution in [0.3, 0.4) is 0 Å². The van der Waals surface area contributed by atoms with Gasteiger partial charge in [-0.3, -0.25) is 4.79 Å². The predicted molar refractivity (Wildman–Crippen MR) is 121 cm³/mol. The Morgan fingerprint density at radius 2 is 1.50 bits per heavy atom. The molecule has 0 spiro atoms. The van der Waals surface area contributed by atoms with Crippen LogP contribution in [-0.4, -0.2) is 36.0 Å². The maximum absolute atomic E-state index is 13.0. The van der Waals surface area contributed by atoms with E-state index >= 15 is 0 Å².